The number of fused-ring (bicyclic) bond motifs is 1. The average molecular weight is 396 g/mol. The topological polar surface area (TPSA) is 51.1 Å². The van der Waals surface area contributed by atoms with Crippen molar-refractivity contribution in [2.45, 2.75) is 24.7 Å². The summed E-state index contributed by atoms with van der Waals surface area (Å²) < 4.78 is 19.0. The Morgan fingerprint density at radius 2 is 2.07 bits per heavy atom. The smallest absolute Gasteiger partial charge is 0.187 e. The summed E-state index contributed by atoms with van der Waals surface area (Å²) in [5.41, 5.74) is 4.81. The van der Waals surface area contributed by atoms with Crippen LogP contribution in [0.2, 0.25) is 0 Å². The zero-order valence-electron chi connectivity index (χ0n) is 15.9. The predicted octanol–water partition coefficient (Wildman–Crippen LogP) is 3.97. The maximum Gasteiger partial charge on any atom is 0.187 e. The van der Waals surface area contributed by atoms with Gasteiger partial charge in [0, 0.05) is 49.6 Å². The molecule has 0 unspecified atom stereocenters. The van der Waals surface area contributed by atoms with Gasteiger partial charge in [0.15, 0.2) is 5.16 Å². The lowest BCUT2D eigenvalue weighted by Gasteiger charge is -2.27. The van der Waals surface area contributed by atoms with Crippen molar-refractivity contribution in [3.05, 3.63) is 65.4 Å². The SMILES string of the molecule is COc1ccc(F)cc1-c1ccc(CN2CCc3nc(SC)ncc3C2)cn1. The Balaban J connectivity index is 1.47. The molecule has 3 aromatic rings. The van der Waals surface area contributed by atoms with Crippen molar-refractivity contribution in [3.8, 4) is 17.0 Å². The van der Waals surface area contributed by atoms with E-state index in [4.69, 9.17) is 4.74 Å². The monoisotopic (exact) mass is 396 g/mol. The number of methoxy groups -OCH3 is 1. The van der Waals surface area contributed by atoms with Gasteiger partial charge in [0.1, 0.15) is 11.6 Å². The van der Waals surface area contributed by atoms with E-state index in [-0.39, 0.29) is 5.82 Å². The number of pyridine rings is 1. The molecule has 0 radical (unpaired) electrons. The summed E-state index contributed by atoms with van der Waals surface area (Å²) in [5, 5.41) is 0.833. The van der Waals surface area contributed by atoms with Gasteiger partial charge >= 0.3 is 0 Å². The highest BCUT2D eigenvalue weighted by Crippen LogP contribution is 2.29. The number of thioether (sulfide) groups is 1. The quantitative estimate of drug-likeness (QED) is 0.481. The van der Waals surface area contributed by atoms with Crippen molar-refractivity contribution in [2.75, 3.05) is 19.9 Å². The number of halogens is 1. The van der Waals surface area contributed by atoms with Crippen LogP contribution in [-0.4, -0.2) is 39.8 Å². The summed E-state index contributed by atoms with van der Waals surface area (Å²) >= 11 is 1.57. The second-order valence-electron chi connectivity index (χ2n) is 6.69. The van der Waals surface area contributed by atoms with Gasteiger partial charge in [-0.05, 0) is 36.1 Å². The van der Waals surface area contributed by atoms with Crippen LogP contribution < -0.4 is 4.74 Å². The van der Waals surface area contributed by atoms with Gasteiger partial charge in [-0.25, -0.2) is 14.4 Å². The van der Waals surface area contributed by atoms with Gasteiger partial charge in [-0.1, -0.05) is 17.8 Å². The third-order valence-electron chi connectivity index (χ3n) is 4.84. The molecule has 5 nitrogen and oxygen atoms in total. The Hall–Kier alpha value is -2.51. The first-order chi connectivity index (χ1) is 13.7. The molecular formula is C21H21FN4OS. The highest BCUT2D eigenvalue weighted by molar-refractivity contribution is 7.98. The molecule has 0 saturated carbocycles. The first kappa shape index (κ1) is 18.8. The van der Waals surface area contributed by atoms with E-state index >= 15 is 0 Å². The van der Waals surface area contributed by atoms with Crippen LogP contribution in [0.3, 0.4) is 0 Å². The van der Waals surface area contributed by atoms with Crippen LogP contribution in [0, 0.1) is 5.82 Å². The third-order valence-corrected chi connectivity index (χ3v) is 5.40. The molecule has 0 N–H and O–H groups in total. The molecule has 7 heteroatoms. The average Bonchev–Trinajstić information content (AvgIpc) is 2.74. The lowest BCUT2D eigenvalue weighted by molar-refractivity contribution is 0.242. The number of hydrogen-bond donors (Lipinski definition) is 0. The highest BCUT2D eigenvalue weighted by Gasteiger charge is 2.19. The van der Waals surface area contributed by atoms with E-state index in [1.54, 1.807) is 24.9 Å². The molecule has 2 aromatic heterocycles. The molecule has 0 bridgehead atoms. The molecule has 0 atom stereocenters. The van der Waals surface area contributed by atoms with Crippen LogP contribution in [-0.2, 0) is 19.5 Å². The number of benzene rings is 1. The van der Waals surface area contributed by atoms with E-state index in [1.807, 2.05) is 30.8 Å². The maximum absolute atomic E-state index is 13.6. The summed E-state index contributed by atoms with van der Waals surface area (Å²) in [6.45, 7) is 2.60. The number of ether oxygens (including phenoxy) is 1. The van der Waals surface area contributed by atoms with E-state index < -0.39 is 0 Å². The van der Waals surface area contributed by atoms with Gasteiger partial charge in [0.2, 0.25) is 0 Å². The number of rotatable bonds is 5. The molecule has 1 aliphatic rings. The Kier molecular flexibility index (Phi) is 5.54. The molecule has 4 rings (SSSR count). The molecule has 0 aliphatic carbocycles. The summed E-state index contributed by atoms with van der Waals surface area (Å²) in [4.78, 5) is 15.9. The minimum absolute atomic E-state index is 0.305. The van der Waals surface area contributed by atoms with E-state index in [1.165, 1.54) is 17.7 Å². The minimum atomic E-state index is -0.305. The van der Waals surface area contributed by atoms with Gasteiger partial charge in [-0.3, -0.25) is 9.88 Å². The fraction of sp³-hybridized carbons (Fsp3) is 0.286. The van der Waals surface area contributed by atoms with Crippen LogP contribution in [0.4, 0.5) is 4.39 Å². The van der Waals surface area contributed by atoms with Crippen molar-refractivity contribution in [1.29, 1.82) is 0 Å². The van der Waals surface area contributed by atoms with Crippen LogP contribution in [0.25, 0.3) is 11.3 Å². The van der Waals surface area contributed by atoms with Gasteiger partial charge < -0.3 is 4.74 Å². The van der Waals surface area contributed by atoms with Gasteiger partial charge in [-0.2, -0.15) is 0 Å². The summed E-state index contributed by atoms with van der Waals surface area (Å²) in [6.07, 6.45) is 6.71. The van der Waals surface area contributed by atoms with Gasteiger partial charge in [-0.15, -0.1) is 0 Å². The van der Waals surface area contributed by atoms with Crippen LogP contribution >= 0.6 is 11.8 Å². The number of nitrogens with zero attached hydrogens (tertiary/aromatic N) is 4. The van der Waals surface area contributed by atoms with Crippen LogP contribution in [0.1, 0.15) is 16.8 Å². The normalized spacial score (nSPS) is 14.0. The van der Waals surface area contributed by atoms with E-state index in [2.05, 4.69) is 19.9 Å². The number of aromatic nitrogens is 3. The van der Waals surface area contributed by atoms with Crippen molar-refractivity contribution < 1.29 is 9.13 Å². The Morgan fingerprint density at radius 1 is 1.18 bits per heavy atom. The highest BCUT2D eigenvalue weighted by atomic mass is 32.2. The van der Waals surface area contributed by atoms with Crippen LogP contribution in [0.5, 0.6) is 5.75 Å². The lowest BCUT2D eigenvalue weighted by atomic mass is 10.1. The van der Waals surface area contributed by atoms with E-state index in [9.17, 15) is 4.39 Å². The largest absolute Gasteiger partial charge is 0.496 e. The molecule has 1 aromatic carbocycles. The summed E-state index contributed by atoms with van der Waals surface area (Å²) in [7, 11) is 1.57. The Labute approximate surface area is 168 Å². The molecule has 0 spiro atoms. The van der Waals surface area contributed by atoms with Gasteiger partial charge in [0.05, 0.1) is 18.5 Å². The zero-order chi connectivity index (χ0) is 19.5. The first-order valence-corrected chi connectivity index (χ1v) is 10.3. The zero-order valence-corrected chi connectivity index (χ0v) is 16.7. The van der Waals surface area contributed by atoms with Crippen molar-refractivity contribution in [3.63, 3.8) is 0 Å². The fourth-order valence-corrected chi connectivity index (χ4v) is 3.77. The fourth-order valence-electron chi connectivity index (χ4n) is 3.41. The van der Waals surface area contributed by atoms with Gasteiger partial charge in [0.25, 0.3) is 0 Å². The summed E-state index contributed by atoms with van der Waals surface area (Å²) in [5.74, 6) is 0.305. The standard InChI is InChI=1S/C21H21FN4OS/c1-27-20-6-4-16(22)9-17(20)19-5-3-14(10-23-19)12-26-8-7-18-15(13-26)11-24-21(25-18)28-2/h3-6,9-11H,7-8,12-13H2,1-2H3. The second-order valence-corrected chi connectivity index (χ2v) is 7.46. The van der Waals surface area contributed by atoms with E-state index in [0.717, 1.165) is 42.5 Å². The molecule has 0 amide bonds. The maximum atomic E-state index is 13.6. The molecule has 144 valence electrons. The lowest BCUT2D eigenvalue weighted by Crippen LogP contribution is -2.31. The summed E-state index contributed by atoms with van der Waals surface area (Å²) in [6, 6.07) is 8.41. The molecule has 28 heavy (non-hydrogen) atoms. The van der Waals surface area contributed by atoms with E-state index in [0.29, 0.717) is 17.0 Å². The Bertz CT molecular complexity index is 981. The first-order valence-electron chi connectivity index (χ1n) is 9.06. The number of hydrogen-bond acceptors (Lipinski definition) is 6. The molecule has 1 aliphatic heterocycles. The predicted molar refractivity (Wildman–Crippen MR) is 108 cm³/mol. The third kappa shape index (κ3) is 4.00. The van der Waals surface area contributed by atoms with Crippen LogP contribution in [0.15, 0.2) is 47.9 Å². The van der Waals surface area contributed by atoms with Crippen molar-refractivity contribution in [2.24, 2.45) is 0 Å². The molecule has 3 heterocycles. The molecule has 0 fully saturated rings. The Morgan fingerprint density at radius 3 is 2.82 bits per heavy atom. The molecular weight excluding hydrogens is 375 g/mol. The minimum Gasteiger partial charge on any atom is -0.496 e. The van der Waals surface area contributed by atoms with Crippen molar-refractivity contribution in [1.82, 2.24) is 19.9 Å². The van der Waals surface area contributed by atoms with Crippen molar-refractivity contribution >= 4 is 11.8 Å². The molecule has 0 saturated heterocycles. The second kappa shape index (κ2) is 8.24.